The summed E-state index contributed by atoms with van der Waals surface area (Å²) in [6.45, 7) is 5.68. The van der Waals surface area contributed by atoms with E-state index >= 15 is 0 Å². The molecule has 0 radical (unpaired) electrons. The third-order valence-corrected chi connectivity index (χ3v) is 2.38. The molecule has 0 aliphatic heterocycles. The number of pyridine rings is 1. The van der Waals surface area contributed by atoms with E-state index in [9.17, 15) is 9.18 Å². The molecule has 1 N–H and O–H groups in total. The minimum atomic E-state index is -0.358. The van der Waals surface area contributed by atoms with E-state index in [1.165, 1.54) is 12.1 Å². The van der Waals surface area contributed by atoms with Gasteiger partial charge >= 0.3 is 0 Å². The van der Waals surface area contributed by atoms with Crippen LogP contribution in [0.25, 0.3) is 10.9 Å². The molecule has 1 aromatic carbocycles. The van der Waals surface area contributed by atoms with Crippen LogP contribution in [0.5, 0.6) is 0 Å². The number of hydrogen-bond donors (Lipinski definition) is 1. The zero-order chi connectivity index (χ0) is 13.3. The predicted octanol–water partition coefficient (Wildman–Crippen LogP) is 2.90. The maximum atomic E-state index is 13.1. The van der Waals surface area contributed by atoms with Gasteiger partial charge in [-0.3, -0.25) is 4.79 Å². The molecule has 0 bridgehead atoms. The molecule has 1 heterocycles. The first-order valence-electron chi connectivity index (χ1n) is 5.74. The fourth-order valence-electron chi connectivity index (χ4n) is 1.62. The summed E-state index contributed by atoms with van der Waals surface area (Å²) in [6, 6.07) is 7.74. The second-order valence-corrected chi connectivity index (χ2v) is 5.24. The molecule has 0 saturated heterocycles. The summed E-state index contributed by atoms with van der Waals surface area (Å²) in [5.74, 6) is -0.614. The van der Waals surface area contributed by atoms with Crippen molar-refractivity contribution < 1.29 is 9.18 Å². The fourth-order valence-corrected chi connectivity index (χ4v) is 1.62. The highest BCUT2D eigenvalue weighted by Crippen LogP contribution is 2.14. The van der Waals surface area contributed by atoms with Gasteiger partial charge in [0.1, 0.15) is 11.5 Å². The third kappa shape index (κ3) is 2.83. The molecule has 0 saturated carbocycles. The Morgan fingerprint density at radius 3 is 2.56 bits per heavy atom. The summed E-state index contributed by atoms with van der Waals surface area (Å²) in [7, 11) is 0. The fraction of sp³-hybridized carbons (Fsp3) is 0.286. The van der Waals surface area contributed by atoms with Crippen molar-refractivity contribution in [2.75, 3.05) is 0 Å². The molecule has 1 aromatic heterocycles. The first kappa shape index (κ1) is 12.5. The van der Waals surface area contributed by atoms with Crippen molar-refractivity contribution in [2.24, 2.45) is 0 Å². The molecule has 1 amide bonds. The van der Waals surface area contributed by atoms with Gasteiger partial charge in [-0.05, 0) is 39.0 Å². The Bertz CT molecular complexity index is 602. The van der Waals surface area contributed by atoms with Crippen LogP contribution in [0.15, 0.2) is 30.3 Å². The average molecular weight is 246 g/mol. The van der Waals surface area contributed by atoms with E-state index < -0.39 is 0 Å². The molecule has 0 aliphatic carbocycles. The number of carbonyl (C=O) groups is 1. The van der Waals surface area contributed by atoms with Crippen LogP contribution in [0, 0.1) is 5.82 Å². The number of halogens is 1. The van der Waals surface area contributed by atoms with Crippen molar-refractivity contribution in [3.63, 3.8) is 0 Å². The standard InChI is InChI=1S/C14H15FN2O/c1-14(2,3)17-13(18)11-7-5-9-4-6-10(15)8-12(9)16-11/h4-8H,1-3H3,(H,17,18). The summed E-state index contributed by atoms with van der Waals surface area (Å²) in [4.78, 5) is 16.1. The van der Waals surface area contributed by atoms with Gasteiger partial charge in [0.15, 0.2) is 0 Å². The van der Waals surface area contributed by atoms with E-state index in [0.717, 1.165) is 5.39 Å². The van der Waals surface area contributed by atoms with Gasteiger partial charge in [-0.1, -0.05) is 6.07 Å². The molecule has 3 nitrogen and oxygen atoms in total. The Balaban J connectivity index is 2.37. The first-order chi connectivity index (χ1) is 8.35. The Morgan fingerprint density at radius 2 is 1.89 bits per heavy atom. The second-order valence-electron chi connectivity index (χ2n) is 5.24. The van der Waals surface area contributed by atoms with E-state index in [-0.39, 0.29) is 17.3 Å². The van der Waals surface area contributed by atoms with Crippen LogP contribution in [0.2, 0.25) is 0 Å². The zero-order valence-electron chi connectivity index (χ0n) is 10.6. The predicted molar refractivity (Wildman–Crippen MR) is 68.9 cm³/mol. The Hall–Kier alpha value is -1.97. The number of amides is 1. The highest BCUT2D eigenvalue weighted by Gasteiger charge is 2.16. The molecule has 0 fully saturated rings. The minimum absolute atomic E-state index is 0.256. The normalized spacial score (nSPS) is 11.6. The number of hydrogen-bond acceptors (Lipinski definition) is 2. The number of carbonyl (C=O) groups excluding carboxylic acids is 1. The van der Waals surface area contributed by atoms with Crippen LogP contribution in [-0.2, 0) is 0 Å². The number of aromatic nitrogens is 1. The topological polar surface area (TPSA) is 42.0 Å². The van der Waals surface area contributed by atoms with E-state index in [4.69, 9.17) is 0 Å². The molecule has 2 aromatic rings. The monoisotopic (exact) mass is 246 g/mol. The smallest absolute Gasteiger partial charge is 0.270 e. The van der Waals surface area contributed by atoms with Crippen LogP contribution in [0.3, 0.4) is 0 Å². The average Bonchev–Trinajstić information content (AvgIpc) is 2.25. The van der Waals surface area contributed by atoms with Crippen LogP contribution in [0.4, 0.5) is 4.39 Å². The minimum Gasteiger partial charge on any atom is -0.346 e. The lowest BCUT2D eigenvalue weighted by molar-refractivity contribution is 0.0915. The Labute approximate surface area is 105 Å². The van der Waals surface area contributed by atoms with Crippen LogP contribution in [-0.4, -0.2) is 16.4 Å². The second kappa shape index (κ2) is 4.37. The Kier molecular flexibility index (Phi) is 3.03. The van der Waals surface area contributed by atoms with Crippen molar-refractivity contribution in [3.05, 3.63) is 41.8 Å². The summed E-state index contributed by atoms with van der Waals surface area (Å²) >= 11 is 0. The lowest BCUT2D eigenvalue weighted by Crippen LogP contribution is -2.40. The van der Waals surface area contributed by atoms with Gasteiger partial charge < -0.3 is 5.32 Å². The highest BCUT2D eigenvalue weighted by atomic mass is 19.1. The van der Waals surface area contributed by atoms with Gasteiger partial charge in [0.05, 0.1) is 5.52 Å². The van der Waals surface area contributed by atoms with Crippen molar-refractivity contribution >= 4 is 16.8 Å². The van der Waals surface area contributed by atoms with Gasteiger partial charge in [0.2, 0.25) is 0 Å². The van der Waals surface area contributed by atoms with Crippen molar-refractivity contribution in [1.82, 2.24) is 10.3 Å². The SMILES string of the molecule is CC(C)(C)NC(=O)c1ccc2ccc(F)cc2n1. The molecule has 2 rings (SSSR count). The summed E-state index contributed by atoms with van der Waals surface area (Å²) < 4.78 is 13.1. The maximum Gasteiger partial charge on any atom is 0.270 e. The van der Waals surface area contributed by atoms with Crippen LogP contribution >= 0.6 is 0 Å². The van der Waals surface area contributed by atoms with Gasteiger partial charge in [0.25, 0.3) is 5.91 Å². The number of benzene rings is 1. The summed E-state index contributed by atoms with van der Waals surface area (Å²) in [5.41, 5.74) is 0.454. The first-order valence-corrected chi connectivity index (χ1v) is 5.74. The molecule has 0 aliphatic rings. The lowest BCUT2D eigenvalue weighted by atomic mass is 10.1. The van der Waals surface area contributed by atoms with E-state index in [1.807, 2.05) is 20.8 Å². The zero-order valence-corrected chi connectivity index (χ0v) is 10.6. The molecule has 0 unspecified atom stereocenters. The number of rotatable bonds is 1. The van der Waals surface area contributed by atoms with Crippen molar-refractivity contribution in [3.8, 4) is 0 Å². The summed E-state index contributed by atoms with van der Waals surface area (Å²) in [5, 5.41) is 3.63. The molecule has 0 spiro atoms. The highest BCUT2D eigenvalue weighted by molar-refractivity contribution is 5.95. The molecular weight excluding hydrogens is 231 g/mol. The van der Waals surface area contributed by atoms with Crippen molar-refractivity contribution in [2.45, 2.75) is 26.3 Å². The van der Waals surface area contributed by atoms with Gasteiger partial charge in [-0.2, -0.15) is 0 Å². The summed E-state index contributed by atoms with van der Waals surface area (Å²) in [6.07, 6.45) is 0. The van der Waals surface area contributed by atoms with E-state index in [1.54, 1.807) is 18.2 Å². The molecule has 94 valence electrons. The van der Waals surface area contributed by atoms with Crippen LogP contribution < -0.4 is 5.32 Å². The van der Waals surface area contributed by atoms with Gasteiger partial charge in [-0.25, -0.2) is 9.37 Å². The largest absolute Gasteiger partial charge is 0.346 e. The molecule has 4 heteroatoms. The van der Waals surface area contributed by atoms with Crippen LogP contribution in [0.1, 0.15) is 31.3 Å². The quantitative estimate of drug-likeness (QED) is 0.840. The third-order valence-electron chi connectivity index (χ3n) is 2.38. The molecular formula is C14H15FN2O. The van der Waals surface area contributed by atoms with E-state index in [2.05, 4.69) is 10.3 Å². The van der Waals surface area contributed by atoms with E-state index in [0.29, 0.717) is 11.2 Å². The molecule has 18 heavy (non-hydrogen) atoms. The number of nitrogens with zero attached hydrogens (tertiary/aromatic N) is 1. The van der Waals surface area contributed by atoms with Gasteiger partial charge in [0, 0.05) is 17.0 Å². The van der Waals surface area contributed by atoms with Crippen molar-refractivity contribution in [1.29, 1.82) is 0 Å². The molecule has 0 atom stereocenters. The lowest BCUT2D eigenvalue weighted by Gasteiger charge is -2.20. The number of nitrogens with one attached hydrogen (secondary N) is 1. The maximum absolute atomic E-state index is 13.1. The Morgan fingerprint density at radius 1 is 1.22 bits per heavy atom. The number of fused-ring (bicyclic) bond motifs is 1. The van der Waals surface area contributed by atoms with Gasteiger partial charge in [-0.15, -0.1) is 0 Å².